The number of aliphatic hydroxyl groups is 1. The van der Waals surface area contributed by atoms with Crippen LogP contribution in [-0.4, -0.2) is 45.4 Å². The van der Waals surface area contributed by atoms with Gasteiger partial charge in [0.15, 0.2) is 6.10 Å². The number of nitrogens with zero attached hydrogens (tertiary/aromatic N) is 3. The largest absolute Gasteiger partial charge is 0.416 e. The zero-order valence-corrected chi connectivity index (χ0v) is 11.0. The van der Waals surface area contributed by atoms with Gasteiger partial charge >= 0.3 is 11.9 Å². The highest BCUT2D eigenvalue weighted by atomic mass is 19.4. The van der Waals surface area contributed by atoms with Crippen LogP contribution < -0.4 is 10.6 Å². The Bertz CT molecular complexity index is 497. The first-order valence-corrected chi connectivity index (χ1v) is 5.99. The molecule has 21 heavy (non-hydrogen) atoms. The number of nitrogens with one attached hydrogen (secondary N) is 2. The van der Waals surface area contributed by atoms with Crippen LogP contribution in [0.25, 0.3) is 0 Å². The van der Waals surface area contributed by atoms with Crippen molar-refractivity contribution >= 4 is 17.5 Å². The molecule has 0 saturated heterocycles. The number of halogens is 3. The van der Waals surface area contributed by atoms with Crippen LogP contribution in [0.1, 0.15) is 13.3 Å². The SMILES string of the molecule is CCCNc1ncc([N+](=O)[O-])c(NCC(O)C(F)(F)F)n1. The van der Waals surface area contributed by atoms with Crippen molar-refractivity contribution in [3.8, 4) is 0 Å². The topological polar surface area (TPSA) is 113 Å². The summed E-state index contributed by atoms with van der Waals surface area (Å²) in [5.41, 5.74) is -0.577. The zero-order valence-electron chi connectivity index (χ0n) is 11.0. The predicted octanol–water partition coefficient (Wildman–Crippen LogP) is 1.54. The number of rotatable bonds is 7. The number of alkyl halides is 3. The molecule has 0 aliphatic rings. The average Bonchev–Trinajstić information content (AvgIpc) is 2.41. The van der Waals surface area contributed by atoms with E-state index in [0.29, 0.717) is 6.54 Å². The first-order chi connectivity index (χ1) is 9.75. The summed E-state index contributed by atoms with van der Waals surface area (Å²) in [4.78, 5) is 17.4. The zero-order chi connectivity index (χ0) is 16.0. The van der Waals surface area contributed by atoms with Crippen molar-refractivity contribution in [1.82, 2.24) is 9.97 Å². The van der Waals surface area contributed by atoms with Crippen molar-refractivity contribution in [2.75, 3.05) is 23.7 Å². The molecule has 0 saturated carbocycles. The minimum atomic E-state index is -4.82. The van der Waals surface area contributed by atoms with Gasteiger partial charge in [-0.2, -0.15) is 18.2 Å². The summed E-state index contributed by atoms with van der Waals surface area (Å²) in [5, 5.41) is 24.5. The quantitative estimate of drug-likeness (QED) is 0.517. The van der Waals surface area contributed by atoms with Crippen LogP contribution in [-0.2, 0) is 0 Å². The maximum Gasteiger partial charge on any atom is 0.416 e. The van der Waals surface area contributed by atoms with E-state index in [9.17, 15) is 23.3 Å². The molecule has 1 aromatic rings. The van der Waals surface area contributed by atoms with E-state index < -0.39 is 35.3 Å². The van der Waals surface area contributed by atoms with Gasteiger partial charge in [0.2, 0.25) is 11.8 Å². The van der Waals surface area contributed by atoms with Gasteiger partial charge in [-0.3, -0.25) is 10.1 Å². The Labute approximate surface area is 117 Å². The Morgan fingerprint density at radius 3 is 2.67 bits per heavy atom. The summed E-state index contributed by atoms with van der Waals surface area (Å²) in [5.74, 6) is -0.344. The molecule has 118 valence electrons. The van der Waals surface area contributed by atoms with Gasteiger partial charge in [-0.25, -0.2) is 4.98 Å². The minimum Gasteiger partial charge on any atom is -0.382 e. The van der Waals surface area contributed by atoms with E-state index >= 15 is 0 Å². The first kappa shape index (κ1) is 16.9. The summed E-state index contributed by atoms with van der Waals surface area (Å²) in [6.07, 6.45) is -5.85. The van der Waals surface area contributed by atoms with Crippen molar-refractivity contribution < 1.29 is 23.2 Å². The fraction of sp³-hybridized carbons (Fsp3) is 0.600. The van der Waals surface area contributed by atoms with Gasteiger partial charge in [0.1, 0.15) is 6.20 Å². The Morgan fingerprint density at radius 2 is 2.14 bits per heavy atom. The summed E-state index contributed by atoms with van der Waals surface area (Å²) in [7, 11) is 0. The number of hydrogen-bond donors (Lipinski definition) is 3. The second kappa shape index (κ2) is 7.02. The molecule has 3 N–H and O–H groups in total. The van der Waals surface area contributed by atoms with E-state index in [0.717, 1.165) is 12.6 Å². The smallest absolute Gasteiger partial charge is 0.382 e. The molecule has 1 atom stereocenters. The molecule has 11 heteroatoms. The van der Waals surface area contributed by atoms with E-state index in [2.05, 4.69) is 20.6 Å². The summed E-state index contributed by atoms with van der Waals surface area (Å²) < 4.78 is 36.6. The number of aromatic nitrogens is 2. The molecule has 8 nitrogen and oxygen atoms in total. The third kappa shape index (κ3) is 5.02. The first-order valence-electron chi connectivity index (χ1n) is 5.99. The molecule has 0 aliphatic heterocycles. The van der Waals surface area contributed by atoms with Gasteiger partial charge < -0.3 is 15.7 Å². The van der Waals surface area contributed by atoms with Crippen molar-refractivity contribution in [2.45, 2.75) is 25.6 Å². The van der Waals surface area contributed by atoms with Crippen molar-refractivity contribution in [3.05, 3.63) is 16.3 Å². The summed E-state index contributed by atoms with van der Waals surface area (Å²) in [6, 6.07) is 0. The van der Waals surface area contributed by atoms with Gasteiger partial charge in [0, 0.05) is 6.54 Å². The van der Waals surface area contributed by atoms with Crippen LogP contribution in [0.2, 0.25) is 0 Å². The number of hydrogen-bond acceptors (Lipinski definition) is 7. The second-order valence-corrected chi connectivity index (χ2v) is 4.05. The average molecular weight is 309 g/mol. The monoisotopic (exact) mass is 309 g/mol. The second-order valence-electron chi connectivity index (χ2n) is 4.05. The van der Waals surface area contributed by atoms with E-state index in [4.69, 9.17) is 5.11 Å². The molecular weight excluding hydrogens is 295 g/mol. The lowest BCUT2D eigenvalue weighted by Gasteiger charge is -2.15. The van der Waals surface area contributed by atoms with Gasteiger partial charge in [-0.1, -0.05) is 6.92 Å². The van der Waals surface area contributed by atoms with Gasteiger partial charge in [-0.05, 0) is 6.42 Å². The van der Waals surface area contributed by atoms with Crippen LogP contribution >= 0.6 is 0 Å². The molecule has 1 aromatic heterocycles. The maximum atomic E-state index is 12.2. The maximum absolute atomic E-state index is 12.2. The minimum absolute atomic E-state index is 0.0476. The third-order valence-corrected chi connectivity index (χ3v) is 2.34. The van der Waals surface area contributed by atoms with Crippen LogP contribution in [0.3, 0.4) is 0 Å². The van der Waals surface area contributed by atoms with E-state index in [1.165, 1.54) is 0 Å². The molecule has 0 radical (unpaired) electrons. The van der Waals surface area contributed by atoms with E-state index in [1.54, 1.807) is 0 Å². The molecule has 0 bridgehead atoms. The molecular formula is C10H14F3N5O3. The fourth-order valence-corrected chi connectivity index (χ4v) is 1.27. The van der Waals surface area contributed by atoms with Crippen molar-refractivity contribution in [1.29, 1.82) is 0 Å². The molecule has 1 unspecified atom stereocenters. The van der Waals surface area contributed by atoms with Crippen LogP contribution in [0.15, 0.2) is 6.20 Å². The summed E-state index contributed by atoms with van der Waals surface area (Å²) in [6.45, 7) is 1.42. The fourth-order valence-electron chi connectivity index (χ4n) is 1.27. The van der Waals surface area contributed by atoms with E-state index in [-0.39, 0.29) is 5.95 Å². The molecule has 1 heterocycles. The molecule has 1 rings (SSSR count). The molecule has 0 aromatic carbocycles. The lowest BCUT2D eigenvalue weighted by Crippen LogP contribution is -2.35. The lowest BCUT2D eigenvalue weighted by molar-refractivity contribution is -0.384. The Hall–Kier alpha value is -2.17. The Morgan fingerprint density at radius 1 is 1.48 bits per heavy atom. The van der Waals surface area contributed by atoms with Crippen molar-refractivity contribution in [3.63, 3.8) is 0 Å². The number of nitro groups is 1. The van der Waals surface area contributed by atoms with Crippen LogP contribution in [0.5, 0.6) is 0 Å². The molecule has 0 aliphatic carbocycles. The Balaban J connectivity index is 2.88. The standard InChI is InChI=1S/C10H14F3N5O3/c1-2-3-14-9-16-4-6(18(20)21)8(17-9)15-5-7(19)10(11,12)13/h4,7,19H,2-3,5H2,1H3,(H2,14,15,16,17). The highest BCUT2D eigenvalue weighted by Gasteiger charge is 2.38. The van der Waals surface area contributed by atoms with Gasteiger partial charge in [-0.15, -0.1) is 0 Å². The normalized spacial score (nSPS) is 12.8. The lowest BCUT2D eigenvalue weighted by atomic mass is 10.3. The number of aliphatic hydroxyl groups excluding tert-OH is 1. The van der Waals surface area contributed by atoms with Crippen LogP contribution in [0, 0.1) is 10.1 Å². The van der Waals surface area contributed by atoms with Gasteiger partial charge in [0.25, 0.3) is 0 Å². The van der Waals surface area contributed by atoms with Crippen molar-refractivity contribution in [2.24, 2.45) is 0 Å². The third-order valence-electron chi connectivity index (χ3n) is 2.34. The Kier molecular flexibility index (Phi) is 5.64. The highest BCUT2D eigenvalue weighted by Crippen LogP contribution is 2.24. The molecule has 0 fully saturated rings. The highest BCUT2D eigenvalue weighted by molar-refractivity contribution is 5.57. The number of anilines is 2. The predicted molar refractivity (Wildman–Crippen MR) is 68.0 cm³/mol. The molecule has 0 spiro atoms. The van der Waals surface area contributed by atoms with Crippen LogP contribution in [0.4, 0.5) is 30.6 Å². The van der Waals surface area contributed by atoms with Gasteiger partial charge in [0.05, 0.1) is 11.5 Å². The summed E-state index contributed by atoms with van der Waals surface area (Å²) >= 11 is 0. The molecule has 0 amide bonds. The van der Waals surface area contributed by atoms with E-state index in [1.807, 2.05) is 6.92 Å².